The maximum Gasteiger partial charge on any atom is 0.0946 e. The average Bonchev–Trinajstić information content (AvgIpc) is 3.13. The predicted octanol–water partition coefficient (Wildman–Crippen LogP) is 1.89. The molecule has 0 spiro atoms. The van der Waals surface area contributed by atoms with Crippen LogP contribution in [0.4, 0.5) is 0 Å². The minimum Gasteiger partial charge on any atom is -0.340 e. The zero-order chi connectivity index (χ0) is 15.8. The van der Waals surface area contributed by atoms with Crippen molar-refractivity contribution in [2.24, 2.45) is 12.8 Å². The topological polar surface area (TPSA) is 60.0 Å². The van der Waals surface area contributed by atoms with E-state index in [2.05, 4.69) is 45.3 Å². The van der Waals surface area contributed by atoms with Crippen LogP contribution in [0.1, 0.15) is 17.2 Å². The molecule has 0 saturated carbocycles. The van der Waals surface area contributed by atoms with Crippen LogP contribution in [0.25, 0.3) is 10.8 Å². The van der Waals surface area contributed by atoms with E-state index in [1.54, 1.807) is 0 Å². The minimum atomic E-state index is 0.132. The molecule has 0 unspecified atom stereocenters. The van der Waals surface area contributed by atoms with Crippen LogP contribution < -0.4 is 5.73 Å². The number of hydrogen-bond acceptors (Lipinski definition) is 4. The van der Waals surface area contributed by atoms with Gasteiger partial charge >= 0.3 is 0 Å². The summed E-state index contributed by atoms with van der Waals surface area (Å²) < 4.78 is 1.99. The minimum absolute atomic E-state index is 0.132. The molecule has 2 N–H and O–H groups in total. The molecule has 5 heteroatoms. The normalized spacial score (nSPS) is 22.0. The molecule has 0 radical (unpaired) electrons. The lowest BCUT2D eigenvalue weighted by molar-refractivity contribution is 0.324. The molecule has 1 aliphatic heterocycles. The van der Waals surface area contributed by atoms with Crippen molar-refractivity contribution >= 4 is 10.8 Å². The van der Waals surface area contributed by atoms with Gasteiger partial charge in [-0.1, -0.05) is 24.3 Å². The molecular formula is C18H21N5. The Morgan fingerprint density at radius 1 is 1.22 bits per heavy atom. The summed E-state index contributed by atoms with van der Waals surface area (Å²) in [6.45, 7) is 2.72. The molecule has 3 aromatic rings. The second kappa shape index (κ2) is 5.76. The van der Waals surface area contributed by atoms with Crippen LogP contribution in [0.5, 0.6) is 0 Å². The van der Waals surface area contributed by atoms with Gasteiger partial charge in [0.2, 0.25) is 0 Å². The SMILES string of the molecule is Cn1cnc([C@@H]2CN(Cc3cncc4ccccc34)C[C@H]2N)c1. The van der Waals surface area contributed by atoms with Crippen molar-refractivity contribution in [1.82, 2.24) is 19.4 Å². The summed E-state index contributed by atoms with van der Waals surface area (Å²) in [7, 11) is 2.00. The molecule has 2 aromatic heterocycles. The van der Waals surface area contributed by atoms with Crippen molar-refractivity contribution in [3.05, 3.63) is 60.4 Å². The number of benzene rings is 1. The summed E-state index contributed by atoms with van der Waals surface area (Å²) in [6, 6.07) is 8.54. The number of likely N-dealkylation sites (tertiary alicyclic amines) is 1. The van der Waals surface area contributed by atoms with Gasteiger partial charge in [-0.3, -0.25) is 9.88 Å². The fraction of sp³-hybridized carbons (Fsp3) is 0.333. The summed E-state index contributed by atoms with van der Waals surface area (Å²) in [6.07, 6.45) is 7.82. The van der Waals surface area contributed by atoms with Crippen LogP contribution in [0.3, 0.4) is 0 Å². The van der Waals surface area contributed by atoms with Crippen LogP contribution in [0.2, 0.25) is 0 Å². The van der Waals surface area contributed by atoms with Gasteiger partial charge in [0, 0.05) is 62.6 Å². The third-order valence-corrected chi connectivity index (χ3v) is 4.69. The lowest BCUT2D eigenvalue weighted by atomic mass is 10.0. The molecule has 23 heavy (non-hydrogen) atoms. The molecule has 0 bridgehead atoms. The van der Waals surface area contributed by atoms with E-state index in [-0.39, 0.29) is 6.04 Å². The van der Waals surface area contributed by atoms with E-state index >= 15 is 0 Å². The maximum atomic E-state index is 6.37. The number of hydrogen-bond donors (Lipinski definition) is 1. The lowest BCUT2D eigenvalue weighted by Gasteiger charge is -2.16. The summed E-state index contributed by atoms with van der Waals surface area (Å²) in [4.78, 5) is 11.3. The number of rotatable bonds is 3. The van der Waals surface area contributed by atoms with E-state index < -0.39 is 0 Å². The number of pyridine rings is 1. The van der Waals surface area contributed by atoms with Crippen LogP contribution in [-0.2, 0) is 13.6 Å². The molecule has 0 aliphatic carbocycles. The van der Waals surface area contributed by atoms with E-state index in [1.165, 1.54) is 16.3 Å². The quantitative estimate of drug-likeness (QED) is 0.803. The zero-order valence-corrected chi connectivity index (χ0v) is 13.3. The van der Waals surface area contributed by atoms with Gasteiger partial charge in [0.1, 0.15) is 0 Å². The van der Waals surface area contributed by atoms with Gasteiger partial charge < -0.3 is 10.3 Å². The van der Waals surface area contributed by atoms with Gasteiger partial charge in [-0.2, -0.15) is 0 Å². The van der Waals surface area contributed by atoms with E-state index in [0.29, 0.717) is 5.92 Å². The number of nitrogens with zero attached hydrogens (tertiary/aromatic N) is 4. The van der Waals surface area contributed by atoms with E-state index in [0.717, 1.165) is 25.3 Å². The first-order chi connectivity index (χ1) is 11.2. The Hall–Kier alpha value is -2.24. The highest BCUT2D eigenvalue weighted by atomic mass is 15.2. The zero-order valence-electron chi connectivity index (χ0n) is 13.3. The van der Waals surface area contributed by atoms with Crippen molar-refractivity contribution in [3.63, 3.8) is 0 Å². The fourth-order valence-electron chi connectivity index (χ4n) is 3.53. The molecule has 1 fully saturated rings. The van der Waals surface area contributed by atoms with Crippen LogP contribution in [0, 0.1) is 0 Å². The monoisotopic (exact) mass is 307 g/mol. The van der Waals surface area contributed by atoms with E-state index in [4.69, 9.17) is 5.73 Å². The highest BCUT2D eigenvalue weighted by Gasteiger charge is 2.32. The van der Waals surface area contributed by atoms with Crippen LogP contribution in [-0.4, -0.2) is 38.6 Å². The van der Waals surface area contributed by atoms with E-state index in [1.807, 2.05) is 30.3 Å². The van der Waals surface area contributed by atoms with Gasteiger partial charge in [0.15, 0.2) is 0 Å². The van der Waals surface area contributed by atoms with Crippen molar-refractivity contribution in [3.8, 4) is 0 Å². The highest BCUT2D eigenvalue weighted by Crippen LogP contribution is 2.27. The van der Waals surface area contributed by atoms with Gasteiger partial charge in [-0.05, 0) is 10.9 Å². The number of fused-ring (bicyclic) bond motifs is 1. The van der Waals surface area contributed by atoms with Crippen molar-refractivity contribution in [2.75, 3.05) is 13.1 Å². The number of imidazole rings is 1. The summed E-state index contributed by atoms with van der Waals surface area (Å²) in [5.41, 5.74) is 8.73. The molecule has 0 amide bonds. The number of aromatic nitrogens is 3. The van der Waals surface area contributed by atoms with Crippen LogP contribution >= 0.6 is 0 Å². The Bertz CT molecular complexity index is 820. The standard InChI is InChI=1S/C18H21N5/c1-22-11-18(21-12-22)16-9-23(10-17(16)19)8-14-7-20-6-13-4-2-3-5-15(13)14/h2-7,11-12,16-17H,8-10,19H2,1H3/t16-,17-/m1/s1. The largest absolute Gasteiger partial charge is 0.340 e. The Kier molecular flexibility index (Phi) is 3.59. The molecular weight excluding hydrogens is 286 g/mol. The average molecular weight is 307 g/mol. The number of nitrogens with two attached hydrogens (primary N) is 1. The smallest absolute Gasteiger partial charge is 0.0946 e. The van der Waals surface area contributed by atoms with Gasteiger partial charge in [0.25, 0.3) is 0 Å². The first-order valence-corrected chi connectivity index (χ1v) is 7.98. The Morgan fingerprint density at radius 2 is 2.09 bits per heavy atom. The van der Waals surface area contributed by atoms with E-state index in [9.17, 15) is 0 Å². The van der Waals surface area contributed by atoms with Crippen molar-refractivity contribution in [1.29, 1.82) is 0 Å². The van der Waals surface area contributed by atoms with Gasteiger partial charge in [-0.15, -0.1) is 0 Å². The summed E-state index contributed by atoms with van der Waals surface area (Å²) in [5, 5.41) is 2.46. The fourth-order valence-corrected chi connectivity index (χ4v) is 3.53. The molecule has 1 saturated heterocycles. The molecule has 2 atom stereocenters. The van der Waals surface area contributed by atoms with Crippen molar-refractivity contribution < 1.29 is 0 Å². The third kappa shape index (κ3) is 2.73. The molecule has 118 valence electrons. The number of aryl methyl sites for hydroxylation is 1. The maximum absolute atomic E-state index is 6.37. The van der Waals surface area contributed by atoms with Crippen molar-refractivity contribution in [2.45, 2.75) is 18.5 Å². The van der Waals surface area contributed by atoms with Gasteiger partial charge in [-0.25, -0.2) is 4.98 Å². The Balaban J connectivity index is 1.55. The molecule has 3 heterocycles. The molecule has 5 nitrogen and oxygen atoms in total. The molecule has 4 rings (SSSR count). The lowest BCUT2D eigenvalue weighted by Crippen LogP contribution is -2.28. The highest BCUT2D eigenvalue weighted by molar-refractivity contribution is 5.84. The first kappa shape index (κ1) is 14.4. The summed E-state index contributed by atoms with van der Waals surface area (Å²) >= 11 is 0. The molecule has 1 aromatic carbocycles. The second-order valence-electron chi connectivity index (χ2n) is 6.45. The first-order valence-electron chi connectivity index (χ1n) is 7.98. The Labute approximate surface area is 135 Å². The van der Waals surface area contributed by atoms with Gasteiger partial charge in [0.05, 0.1) is 12.0 Å². The molecule has 1 aliphatic rings. The predicted molar refractivity (Wildman–Crippen MR) is 90.9 cm³/mol. The second-order valence-corrected chi connectivity index (χ2v) is 6.45. The summed E-state index contributed by atoms with van der Waals surface area (Å²) in [5.74, 6) is 0.305. The third-order valence-electron chi connectivity index (χ3n) is 4.69. The Morgan fingerprint density at radius 3 is 2.91 bits per heavy atom. The van der Waals surface area contributed by atoms with Crippen LogP contribution in [0.15, 0.2) is 49.2 Å².